The van der Waals surface area contributed by atoms with Crippen molar-refractivity contribution in [3.63, 3.8) is 0 Å². The van der Waals surface area contributed by atoms with Crippen molar-refractivity contribution in [2.75, 3.05) is 6.54 Å². The van der Waals surface area contributed by atoms with E-state index in [0.717, 1.165) is 0 Å². The fourth-order valence-corrected chi connectivity index (χ4v) is 0.812. The van der Waals surface area contributed by atoms with Crippen molar-refractivity contribution >= 4 is 11.9 Å². The predicted octanol–water partition coefficient (Wildman–Crippen LogP) is -1.93. The van der Waals surface area contributed by atoms with Crippen molar-refractivity contribution in [3.8, 4) is 0 Å². The zero-order chi connectivity index (χ0) is 8.48. The SMILES string of the molecule is NC1=NCCC(O)(C(=O)O)N1. The molecule has 1 atom stereocenters. The van der Waals surface area contributed by atoms with Crippen LogP contribution in [0.2, 0.25) is 0 Å². The first-order valence-electron chi connectivity index (χ1n) is 3.08. The van der Waals surface area contributed by atoms with Gasteiger partial charge in [0.15, 0.2) is 5.96 Å². The summed E-state index contributed by atoms with van der Waals surface area (Å²) in [6, 6.07) is 0. The fourth-order valence-electron chi connectivity index (χ4n) is 0.812. The van der Waals surface area contributed by atoms with Crippen LogP contribution >= 0.6 is 0 Å². The first kappa shape index (κ1) is 7.80. The number of carboxylic acids is 1. The number of aliphatic carboxylic acids is 1. The van der Waals surface area contributed by atoms with Crippen molar-refractivity contribution in [2.24, 2.45) is 10.7 Å². The van der Waals surface area contributed by atoms with Gasteiger partial charge in [-0.05, 0) is 0 Å². The largest absolute Gasteiger partial charge is 0.478 e. The van der Waals surface area contributed by atoms with Crippen molar-refractivity contribution in [3.05, 3.63) is 0 Å². The number of hydrogen-bond acceptors (Lipinski definition) is 5. The van der Waals surface area contributed by atoms with E-state index in [1.54, 1.807) is 0 Å². The maximum absolute atomic E-state index is 10.4. The Labute approximate surface area is 62.7 Å². The van der Waals surface area contributed by atoms with Crippen LogP contribution in [-0.4, -0.2) is 34.4 Å². The first-order chi connectivity index (χ1) is 5.04. The fraction of sp³-hybridized carbons (Fsp3) is 0.600. The highest BCUT2D eigenvalue weighted by molar-refractivity contribution is 5.87. The highest BCUT2D eigenvalue weighted by Crippen LogP contribution is 2.09. The number of aliphatic hydroxyl groups is 1. The van der Waals surface area contributed by atoms with Gasteiger partial charge in [-0.15, -0.1) is 0 Å². The van der Waals surface area contributed by atoms with E-state index in [-0.39, 0.29) is 18.9 Å². The maximum atomic E-state index is 10.4. The molecule has 1 heterocycles. The Morgan fingerprint density at radius 2 is 2.45 bits per heavy atom. The zero-order valence-corrected chi connectivity index (χ0v) is 5.74. The third-order valence-corrected chi connectivity index (χ3v) is 1.44. The summed E-state index contributed by atoms with van der Waals surface area (Å²) < 4.78 is 0. The number of nitrogens with two attached hydrogens (primary N) is 1. The Morgan fingerprint density at radius 3 is 2.82 bits per heavy atom. The molecule has 6 heteroatoms. The summed E-state index contributed by atoms with van der Waals surface area (Å²) in [5.74, 6) is -1.38. The van der Waals surface area contributed by atoms with Crippen LogP contribution in [-0.2, 0) is 4.79 Å². The van der Waals surface area contributed by atoms with Crippen molar-refractivity contribution in [2.45, 2.75) is 12.1 Å². The summed E-state index contributed by atoms with van der Waals surface area (Å²) in [5.41, 5.74) is 3.23. The molecule has 0 spiro atoms. The number of aliphatic imine (C=N–C) groups is 1. The Kier molecular flexibility index (Phi) is 1.69. The van der Waals surface area contributed by atoms with Gasteiger partial charge in [-0.2, -0.15) is 0 Å². The molecule has 0 aromatic heterocycles. The van der Waals surface area contributed by atoms with Crippen molar-refractivity contribution in [1.29, 1.82) is 0 Å². The van der Waals surface area contributed by atoms with Gasteiger partial charge in [-0.3, -0.25) is 4.99 Å². The molecule has 1 rings (SSSR count). The van der Waals surface area contributed by atoms with Gasteiger partial charge < -0.3 is 21.3 Å². The number of nitrogens with one attached hydrogen (secondary N) is 1. The number of nitrogens with zero attached hydrogens (tertiary/aromatic N) is 1. The van der Waals surface area contributed by atoms with Gasteiger partial charge in [-0.1, -0.05) is 0 Å². The highest BCUT2D eigenvalue weighted by atomic mass is 16.4. The van der Waals surface area contributed by atoms with E-state index in [0.29, 0.717) is 0 Å². The maximum Gasteiger partial charge on any atom is 0.357 e. The van der Waals surface area contributed by atoms with Gasteiger partial charge in [0.05, 0.1) is 0 Å². The van der Waals surface area contributed by atoms with Gasteiger partial charge in [0.2, 0.25) is 5.72 Å². The lowest BCUT2D eigenvalue weighted by molar-refractivity contribution is -0.161. The molecule has 0 aromatic carbocycles. The summed E-state index contributed by atoms with van der Waals surface area (Å²) in [4.78, 5) is 14.1. The molecule has 11 heavy (non-hydrogen) atoms. The van der Waals surface area contributed by atoms with Gasteiger partial charge in [-0.25, -0.2) is 4.79 Å². The third-order valence-electron chi connectivity index (χ3n) is 1.44. The molecule has 0 amide bonds. The topological polar surface area (TPSA) is 108 Å². The molecule has 1 aliphatic rings. The number of carboxylic acid groups (broad SMARTS) is 1. The Bertz CT molecular complexity index is 215. The number of carbonyl (C=O) groups is 1. The predicted molar refractivity (Wildman–Crippen MR) is 36.8 cm³/mol. The summed E-state index contributed by atoms with van der Waals surface area (Å²) in [6.07, 6.45) is 0.0308. The van der Waals surface area contributed by atoms with E-state index in [9.17, 15) is 9.90 Å². The van der Waals surface area contributed by atoms with Gasteiger partial charge in [0, 0.05) is 13.0 Å². The molecular formula is C5H9N3O3. The molecule has 6 nitrogen and oxygen atoms in total. The van der Waals surface area contributed by atoms with Gasteiger partial charge in [0.1, 0.15) is 0 Å². The molecule has 0 aliphatic carbocycles. The van der Waals surface area contributed by atoms with Gasteiger partial charge in [0.25, 0.3) is 0 Å². The zero-order valence-electron chi connectivity index (χ0n) is 5.74. The molecule has 0 saturated carbocycles. The molecule has 0 radical (unpaired) electrons. The quantitative estimate of drug-likeness (QED) is 0.356. The molecular weight excluding hydrogens is 150 g/mol. The van der Waals surface area contributed by atoms with E-state index in [1.807, 2.05) is 0 Å². The number of hydrogen-bond donors (Lipinski definition) is 4. The Hall–Kier alpha value is -1.30. The lowest BCUT2D eigenvalue weighted by Gasteiger charge is -2.27. The minimum Gasteiger partial charge on any atom is -0.478 e. The summed E-state index contributed by atoms with van der Waals surface area (Å²) in [6.45, 7) is 0.224. The van der Waals surface area contributed by atoms with Crippen LogP contribution < -0.4 is 11.1 Å². The second-order valence-electron chi connectivity index (χ2n) is 2.31. The molecule has 0 fully saturated rings. The van der Waals surface area contributed by atoms with Crippen LogP contribution in [0.1, 0.15) is 6.42 Å². The molecule has 62 valence electrons. The van der Waals surface area contributed by atoms with Gasteiger partial charge >= 0.3 is 5.97 Å². The van der Waals surface area contributed by atoms with E-state index in [1.165, 1.54) is 0 Å². The summed E-state index contributed by atoms with van der Waals surface area (Å²) in [7, 11) is 0. The smallest absolute Gasteiger partial charge is 0.357 e. The number of rotatable bonds is 1. The monoisotopic (exact) mass is 159 g/mol. The highest BCUT2D eigenvalue weighted by Gasteiger charge is 2.38. The molecule has 0 saturated heterocycles. The summed E-state index contributed by atoms with van der Waals surface area (Å²) in [5, 5.41) is 19.9. The van der Waals surface area contributed by atoms with E-state index >= 15 is 0 Å². The molecule has 5 N–H and O–H groups in total. The second kappa shape index (κ2) is 2.39. The van der Waals surface area contributed by atoms with Crippen LogP contribution in [0.15, 0.2) is 4.99 Å². The first-order valence-corrected chi connectivity index (χ1v) is 3.08. The molecule has 0 bridgehead atoms. The standard InChI is InChI=1S/C5H9N3O3/c6-4-7-2-1-5(11,8-4)3(9)10/h11H,1-2H2,(H,9,10)(H3,6,7,8). The second-order valence-corrected chi connectivity index (χ2v) is 2.31. The Morgan fingerprint density at radius 1 is 1.82 bits per heavy atom. The van der Waals surface area contributed by atoms with E-state index < -0.39 is 11.7 Å². The third kappa shape index (κ3) is 1.40. The van der Waals surface area contributed by atoms with Crippen LogP contribution in [0.4, 0.5) is 0 Å². The molecule has 1 aliphatic heterocycles. The van der Waals surface area contributed by atoms with Crippen molar-refractivity contribution < 1.29 is 15.0 Å². The van der Waals surface area contributed by atoms with Crippen LogP contribution in [0.3, 0.4) is 0 Å². The Balaban J connectivity index is 2.76. The molecule has 1 unspecified atom stereocenters. The average Bonchev–Trinajstić information content (AvgIpc) is 1.86. The minimum absolute atomic E-state index is 0.0308. The average molecular weight is 159 g/mol. The van der Waals surface area contributed by atoms with Crippen LogP contribution in [0, 0.1) is 0 Å². The summed E-state index contributed by atoms with van der Waals surface area (Å²) >= 11 is 0. The van der Waals surface area contributed by atoms with Crippen LogP contribution in [0.5, 0.6) is 0 Å². The molecule has 0 aromatic rings. The lowest BCUT2D eigenvalue weighted by Crippen LogP contribution is -2.59. The van der Waals surface area contributed by atoms with Crippen LogP contribution in [0.25, 0.3) is 0 Å². The minimum atomic E-state index is -1.94. The lowest BCUT2D eigenvalue weighted by atomic mass is 10.1. The van der Waals surface area contributed by atoms with E-state index in [4.69, 9.17) is 10.8 Å². The number of guanidine groups is 1. The van der Waals surface area contributed by atoms with E-state index in [2.05, 4.69) is 10.3 Å². The normalized spacial score (nSPS) is 30.5. The van der Waals surface area contributed by atoms with Crippen molar-refractivity contribution in [1.82, 2.24) is 5.32 Å².